The maximum atomic E-state index is 10.4. The van der Waals surface area contributed by atoms with Crippen LogP contribution in [0.4, 0.5) is 0 Å². The minimum absolute atomic E-state index is 0.269. The van der Waals surface area contributed by atoms with Crippen LogP contribution in [0.2, 0.25) is 0 Å². The van der Waals surface area contributed by atoms with E-state index < -0.39 is 0 Å². The molecule has 1 N–H and O–H groups in total. The van der Waals surface area contributed by atoms with E-state index in [1.165, 1.54) is 46.6 Å². The summed E-state index contributed by atoms with van der Waals surface area (Å²) in [6.07, 6.45) is 7.77. The van der Waals surface area contributed by atoms with E-state index in [-0.39, 0.29) is 6.10 Å². The third-order valence-corrected chi connectivity index (χ3v) is 5.47. The van der Waals surface area contributed by atoms with Crippen molar-refractivity contribution in [2.24, 2.45) is 0 Å². The van der Waals surface area contributed by atoms with Gasteiger partial charge in [-0.05, 0) is 62.1 Å². The van der Waals surface area contributed by atoms with Gasteiger partial charge in [-0.15, -0.1) is 11.3 Å². The van der Waals surface area contributed by atoms with Crippen molar-refractivity contribution < 1.29 is 5.11 Å². The second kappa shape index (κ2) is 6.55. The summed E-state index contributed by atoms with van der Waals surface area (Å²) in [5.74, 6) is 0. The lowest BCUT2D eigenvalue weighted by molar-refractivity contribution is 0.168. The maximum absolute atomic E-state index is 10.4. The molecule has 1 aliphatic rings. The van der Waals surface area contributed by atoms with Crippen LogP contribution in [0.15, 0.2) is 36.4 Å². The van der Waals surface area contributed by atoms with Crippen molar-refractivity contribution >= 4 is 11.3 Å². The van der Waals surface area contributed by atoms with Crippen LogP contribution in [-0.2, 0) is 19.3 Å². The molecule has 3 rings (SSSR count). The van der Waals surface area contributed by atoms with Crippen LogP contribution in [0.25, 0.3) is 0 Å². The number of rotatable bonds is 5. The van der Waals surface area contributed by atoms with E-state index in [9.17, 15) is 5.11 Å². The van der Waals surface area contributed by atoms with Gasteiger partial charge in [0.2, 0.25) is 0 Å². The predicted molar refractivity (Wildman–Crippen MR) is 85.3 cm³/mol. The zero-order chi connectivity index (χ0) is 13.8. The second-order valence-electron chi connectivity index (χ2n) is 5.70. The molecule has 20 heavy (non-hydrogen) atoms. The molecular weight excluding hydrogens is 264 g/mol. The third kappa shape index (κ3) is 3.31. The van der Waals surface area contributed by atoms with Crippen molar-refractivity contribution in [2.45, 2.75) is 51.0 Å². The summed E-state index contributed by atoms with van der Waals surface area (Å²) < 4.78 is 0. The molecule has 0 saturated heterocycles. The van der Waals surface area contributed by atoms with Gasteiger partial charge in [-0.25, -0.2) is 0 Å². The molecule has 0 bridgehead atoms. The van der Waals surface area contributed by atoms with Gasteiger partial charge in [-0.2, -0.15) is 0 Å². The summed E-state index contributed by atoms with van der Waals surface area (Å²) in [5, 5.41) is 10.4. The van der Waals surface area contributed by atoms with Crippen LogP contribution in [0, 0.1) is 0 Å². The Morgan fingerprint density at radius 3 is 2.70 bits per heavy atom. The van der Waals surface area contributed by atoms with Crippen molar-refractivity contribution in [1.29, 1.82) is 0 Å². The van der Waals surface area contributed by atoms with Gasteiger partial charge in [0.25, 0.3) is 0 Å². The van der Waals surface area contributed by atoms with Crippen LogP contribution in [0.5, 0.6) is 0 Å². The monoisotopic (exact) mass is 286 g/mol. The molecule has 0 spiro atoms. The van der Waals surface area contributed by atoms with Crippen LogP contribution >= 0.6 is 11.3 Å². The zero-order valence-corrected chi connectivity index (χ0v) is 12.7. The van der Waals surface area contributed by atoms with Crippen LogP contribution < -0.4 is 0 Å². The zero-order valence-electron chi connectivity index (χ0n) is 11.8. The first-order chi connectivity index (χ1) is 9.83. The Balaban J connectivity index is 1.54. The Kier molecular flexibility index (Phi) is 4.54. The Morgan fingerprint density at radius 1 is 1.10 bits per heavy atom. The normalized spacial score (nSPS) is 15.8. The third-order valence-electron chi connectivity index (χ3n) is 4.13. The largest absolute Gasteiger partial charge is 0.388 e. The first-order valence-corrected chi connectivity index (χ1v) is 8.48. The highest BCUT2D eigenvalue weighted by atomic mass is 32.1. The number of aliphatic hydroxyl groups is 1. The highest BCUT2D eigenvalue weighted by Crippen LogP contribution is 2.34. The molecule has 0 amide bonds. The minimum Gasteiger partial charge on any atom is -0.388 e. The minimum atomic E-state index is -0.269. The fourth-order valence-electron chi connectivity index (χ4n) is 2.96. The number of benzene rings is 1. The molecule has 0 radical (unpaired) electrons. The summed E-state index contributed by atoms with van der Waals surface area (Å²) in [7, 11) is 0. The number of thiophene rings is 1. The van der Waals surface area contributed by atoms with E-state index in [0.717, 1.165) is 19.3 Å². The average Bonchev–Trinajstić information content (AvgIpc) is 2.92. The molecule has 0 fully saturated rings. The highest BCUT2D eigenvalue weighted by molar-refractivity contribution is 7.12. The van der Waals surface area contributed by atoms with E-state index in [0.29, 0.717) is 0 Å². The molecule has 1 unspecified atom stereocenters. The molecule has 1 nitrogen and oxygen atoms in total. The Labute approximate surface area is 125 Å². The van der Waals surface area contributed by atoms with Gasteiger partial charge in [-0.1, -0.05) is 30.3 Å². The molecule has 106 valence electrons. The summed E-state index contributed by atoms with van der Waals surface area (Å²) in [6.45, 7) is 0. The second-order valence-corrected chi connectivity index (χ2v) is 6.87. The molecule has 1 aromatic carbocycles. The quantitative estimate of drug-likeness (QED) is 0.846. The van der Waals surface area contributed by atoms with Crippen molar-refractivity contribution in [3.63, 3.8) is 0 Å². The molecule has 1 heterocycles. The van der Waals surface area contributed by atoms with Gasteiger partial charge < -0.3 is 5.11 Å². The number of aliphatic hydroxyl groups excluding tert-OH is 1. The summed E-state index contributed by atoms with van der Waals surface area (Å²) in [6, 6.07) is 12.8. The lowest BCUT2D eigenvalue weighted by Crippen LogP contribution is -1.97. The lowest BCUT2D eigenvalue weighted by Gasteiger charge is -2.08. The average molecular weight is 286 g/mol. The van der Waals surface area contributed by atoms with Gasteiger partial charge >= 0.3 is 0 Å². The number of aryl methyl sites for hydroxylation is 3. The lowest BCUT2D eigenvalue weighted by atomic mass is 9.98. The van der Waals surface area contributed by atoms with Crippen molar-refractivity contribution in [3.05, 3.63) is 57.3 Å². The number of hydrogen-bond donors (Lipinski definition) is 1. The SMILES string of the molecule is OC(CCCc1ccccc1)c1cc2c(s1)CCCC2. The highest BCUT2D eigenvalue weighted by Gasteiger charge is 2.17. The summed E-state index contributed by atoms with van der Waals surface area (Å²) >= 11 is 1.84. The Hall–Kier alpha value is -1.12. The van der Waals surface area contributed by atoms with Gasteiger partial charge in [0.1, 0.15) is 0 Å². The molecule has 1 atom stereocenters. The summed E-state index contributed by atoms with van der Waals surface area (Å²) in [5.41, 5.74) is 2.86. The number of hydrogen-bond acceptors (Lipinski definition) is 2. The summed E-state index contributed by atoms with van der Waals surface area (Å²) in [4.78, 5) is 2.71. The molecule has 2 heteroatoms. The molecule has 1 aliphatic carbocycles. The fourth-order valence-corrected chi connectivity index (χ4v) is 4.24. The fraction of sp³-hybridized carbons (Fsp3) is 0.444. The van der Waals surface area contributed by atoms with Gasteiger partial charge in [0, 0.05) is 9.75 Å². The Morgan fingerprint density at radius 2 is 1.90 bits per heavy atom. The number of fused-ring (bicyclic) bond motifs is 1. The van der Waals surface area contributed by atoms with Crippen molar-refractivity contribution in [3.8, 4) is 0 Å². The van der Waals surface area contributed by atoms with Gasteiger partial charge in [0.15, 0.2) is 0 Å². The standard InChI is InChI=1S/C18H22OS/c19-16(11-6-9-14-7-2-1-3-8-14)18-13-15-10-4-5-12-17(15)20-18/h1-3,7-8,13,16,19H,4-6,9-12H2. The first-order valence-electron chi connectivity index (χ1n) is 7.66. The maximum Gasteiger partial charge on any atom is 0.0882 e. The topological polar surface area (TPSA) is 20.2 Å². The predicted octanol–water partition coefficient (Wildman–Crippen LogP) is 4.68. The molecular formula is C18H22OS. The Bertz CT molecular complexity index is 520. The van der Waals surface area contributed by atoms with Gasteiger partial charge in [0.05, 0.1) is 6.10 Å². The van der Waals surface area contributed by atoms with Crippen LogP contribution in [-0.4, -0.2) is 5.11 Å². The first kappa shape index (κ1) is 13.8. The van der Waals surface area contributed by atoms with Crippen molar-refractivity contribution in [2.75, 3.05) is 0 Å². The molecule has 2 aromatic rings. The van der Waals surface area contributed by atoms with Crippen molar-refractivity contribution in [1.82, 2.24) is 0 Å². The van der Waals surface area contributed by atoms with E-state index in [2.05, 4.69) is 36.4 Å². The van der Waals surface area contributed by atoms with E-state index in [1.54, 1.807) is 0 Å². The molecule has 0 aliphatic heterocycles. The van der Waals surface area contributed by atoms with Crippen LogP contribution in [0.1, 0.15) is 52.7 Å². The van der Waals surface area contributed by atoms with E-state index in [4.69, 9.17) is 0 Å². The van der Waals surface area contributed by atoms with Crippen LogP contribution in [0.3, 0.4) is 0 Å². The molecule has 1 aromatic heterocycles. The molecule has 0 saturated carbocycles. The smallest absolute Gasteiger partial charge is 0.0882 e. The van der Waals surface area contributed by atoms with Gasteiger partial charge in [-0.3, -0.25) is 0 Å². The van der Waals surface area contributed by atoms with E-state index in [1.807, 2.05) is 11.3 Å². The van der Waals surface area contributed by atoms with E-state index >= 15 is 0 Å².